The van der Waals surface area contributed by atoms with Crippen molar-refractivity contribution in [2.45, 2.75) is 71.4 Å². The lowest BCUT2D eigenvalue weighted by Gasteiger charge is -2.65. The van der Waals surface area contributed by atoms with Gasteiger partial charge in [-0.2, -0.15) is 0 Å². The van der Waals surface area contributed by atoms with Crippen LogP contribution < -0.4 is 5.32 Å². The first-order chi connectivity index (χ1) is 9.38. The van der Waals surface area contributed by atoms with Crippen molar-refractivity contribution in [2.75, 3.05) is 0 Å². The molecule has 4 fully saturated rings. The Hall–Kier alpha value is -0.900. The molecule has 4 saturated carbocycles. The zero-order valence-electron chi connectivity index (χ0n) is 12.8. The molecule has 4 aliphatic rings. The van der Waals surface area contributed by atoms with Crippen LogP contribution >= 0.6 is 0 Å². The fourth-order valence-corrected chi connectivity index (χ4v) is 6.32. The van der Waals surface area contributed by atoms with Crippen LogP contribution in [0.25, 0.3) is 0 Å². The lowest BCUT2D eigenvalue weighted by atomic mass is 9.43. The molecular weight excluding hydrogens is 250 g/mol. The summed E-state index contributed by atoms with van der Waals surface area (Å²) in [7, 11) is 0. The summed E-state index contributed by atoms with van der Waals surface area (Å²) < 4.78 is 5.51. The first-order valence-electron chi connectivity index (χ1n) is 7.92. The van der Waals surface area contributed by atoms with E-state index in [9.17, 15) is 0 Å². The van der Waals surface area contributed by atoms with Crippen molar-refractivity contribution in [1.82, 2.24) is 15.5 Å². The van der Waals surface area contributed by atoms with Crippen molar-refractivity contribution in [3.8, 4) is 0 Å². The maximum absolute atomic E-state index is 5.51. The van der Waals surface area contributed by atoms with Crippen LogP contribution in [0.4, 0.5) is 0 Å². The minimum absolute atomic E-state index is 0.311. The molecule has 0 saturated heterocycles. The Labute approximate surface area is 120 Å². The standard InChI is InChI=1S/C16H25N3O/c1-11-18-19-13(20-11)7-17-16-6-12-4-14(2,9-16)8-15(3,5-12)10-16/h12,17H,4-10H2,1-3H3. The third kappa shape index (κ3) is 2.00. The summed E-state index contributed by atoms with van der Waals surface area (Å²) in [6.07, 6.45) is 8.26. The smallest absolute Gasteiger partial charge is 0.230 e. The predicted octanol–water partition coefficient (Wildman–Crippen LogP) is 3.22. The Morgan fingerprint density at radius 2 is 1.80 bits per heavy atom. The monoisotopic (exact) mass is 275 g/mol. The average molecular weight is 275 g/mol. The quantitative estimate of drug-likeness (QED) is 0.920. The maximum Gasteiger partial charge on any atom is 0.230 e. The van der Waals surface area contributed by atoms with Gasteiger partial charge in [-0.05, 0) is 55.3 Å². The number of nitrogens with one attached hydrogen (secondary N) is 1. The van der Waals surface area contributed by atoms with Gasteiger partial charge in [-0.1, -0.05) is 13.8 Å². The number of rotatable bonds is 3. The molecule has 2 unspecified atom stereocenters. The van der Waals surface area contributed by atoms with E-state index in [1.54, 1.807) is 0 Å². The van der Waals surface area contributed by atoms with Gasteiger partial charge in [0, 0.05) is 12.5 Å². The van der Waals surface area contributed by atoms with E-state index < -0.39 is 0 Å². The summed E-state index contributed by atoms with van der Waals surface area (Å²) in [5.41, 5.74) is 1.41. The fourth-order valence-electron chi connectivity index (χ4n) is 6.32. The lowest BCUT2D eigenvalue weighted by molar-refractivity contribution is -0.118. The first kappa shape index (κ1) is 12.8. The van der Waals surface area contributed by atoms with Crippen LogP contribution in [-0.4, -0.2) is 15.7 Å². The van der Waals surface area contributed by atoms with Gasteiger partial charge >= 0.3 is 0 Å². The molecule has 0 aromatic carbocycles. The average Bonchev–Trinajstić information content (AvgIpc) is 2.68. The molecule has 5 rings (SSSR count). The van der Waals surface area contributed by atoms with Gasteiger partial charge in [0.25, 0.3) is 0 Å². The van der Waals surface area contributed by atoms with E-state index in [0.29, 0.717) is 22.3 Å². The zero-order valence-corrected chi connectivity index (χ0v) is 12.8. The first-order valence-corrected chi connectivity index (χ1v) is 7.92. The van der Waals surface area contributed by atoms with Crippen molar-refractivity contribution < 1.29 is 4.42 Å². The second-order valence-electron chi connectivity index (χ2n) is 8.48. The van der Waals surface area contributed by atoms with Crippen LogP contribution in [0, 0.1) is 23.7 Å². The summed E-state index contributed by atoms with van der Waals surface area (Å²) in [6.45, 7) is 7.58. The minimum Gasteiger partial charge on any atom is -0.424 e. The molecule has 4 aliphatic carbocycles. The normalized spacial score (nSPS) is 46.0. The van der Waals surface area contributed by atoms with Gasteiger partial charge in [0.05, 0.1) is 6.54 Å². The number of nitrogens with zero attached hydrogens (tertiary/aromatic N) is 2. The van der Waals surface area contributed by atoms with E-state index >= 15 is 0 Å². The van der Waals surface area contributed by atoms with Gasteiger partial charge in [0.15, 0.2) is 0 Å². The molecule has 1 heterocycles. The molecule has 110 valence electrons. The Morgan fingerprint density at radius 3 is 2.35 bits per heavy atom. The molecule has 0 spiro atoms. The predicted molar refractivity (Wildman–Crippen MR) is 76.0 cm³/mol. The van der Waals surface area contributed by atoms with E-state index in [0.717, 1.165) is 18.4 Å². The van der Waals surface area contributed by atoms with Gasteiger partial charge < -0.3 is 9.73 Å². The highest BCUT2D eigenvalue weighted by atomic mass is 16.4. The van der Waals surface area contributed by atoms with Crippen molar-refractivity contribution in [1.29, 1.82) is 0 Å². The van der Waals surface area contributed by atoms with Crippen LogP contribution in [0.1, 0.15) is 64.2 Å². The molecule has 1 N–H and O–H groups in total. The van der Waals surface area contributed by atoms with Crippen LogP contribution in [-0.2, 0) is 6.54 Å². The highest BCUT2D eigenvalue weighted by molar-refractivity contribution is 5.14. The molecule has 1 aromatic rings. The summed E-state index contributed by atoms with van der Waals surface area (Å²) in [4.78, 5) is 0. The fraction of sp³-hybridized carbons (Fsp3) is 0.875. The SMILES string of the molecule is Cc1nnc(CNC23CC4CC(C)(CC(C)(C4)C2)C3)o1. The Balaban J connectivity index is 1.55. The molecule has 0 radical (unpaired) electrons. The topological polar surface area (TPSA) is 51.0 Å². The van der Waals surface area contributed by atoms with E-state index in [1.165, 1.54) is 38.5 Å². The summed E-state index contributed by atoms with van der Waals surface area (Å²) in [5.74, 6) is 2.30. The van der Waals surface area contributed by atoms with E-state index in [2.05, 4.69) is 29.4 Å². The highest BCUT2D eigenvalue weighted by Gasteiger charge is 2.59. The van der Waals surface area contributed by atoms with Gasteiger partial charge in [-0.25, -0.2) is 0 Å². The van der Waals surface area contributed by atoms with Gasteiger partial charge in [0.1, 0.15) is 0 Å². The molecule has 4 nitrogen and oxygen atoms in total. The molecule has 4 heteroatoms. The highest BCUT2D eigenvalue weighted by Crippen LogP contribution is 2.66. The largest absolute Gasteiger partial charge is 0.424 e. The third-order valence-electron chi connectivity index (χ3n) is 5.81. The van der Waals surface area contributed by atoms with Gasteiger partial charge in [0.2, 0.25) is 11.8 Å². The third-order valence-corrected chi connectivity index (χ3v) is 5.81. The number of hydrogen-bond donors (Lipinski definition) is 1. The maximum atomic E-state index is 5.51. The second-order valence-corrected chi connectivity index (χ2v) is 8.48. The Kier molecular flexibility index (Phi) is 2.46. The summed E-state index contributed by atoms with van der Waals surface area (Å²) in [5, 5.41) is 11.9. The summed E-state index contributed by atoms with van der Waals surface area (Å²) >= 11 is 0. The van der Waals surface area contributed by atoms with E-state index in [-0.39, 0.29) is 0 Å². The molecule has 0 aliphatic heterocycles. The van der Waals surface area contributed by atoms with Crippen molar-refractivity contribution in [3.63, 3.8) is 0 Å². The molecule has 2 atom stereocenters. The summed E-state index contributed by atoms with van der Waals surface area (Å²) in [6, 6.07) is 0. The Morgan fingerprint density at radius 1 is 1.10 bits per heavy atom. The van der Waals surface area contributed by atoms with Crippen molar-refractivity contribution in [3.05, 3.63) is 11.8 Å². The van der Waals surface area contributed by atoms with Gasteiger partial charge in [-0.15, -0.1) is 10.2 Å². The molecule has 20 heavy (non-hydrogen) atoms. The minimum atomic E-state index is 0.311. The zero-order chi connectivity index (χ0) is 14.0. The Bertz CT molecular complexity index is 520. The molecular formula is C16H25N3O. The number of aryl methyl sites for hydroxylation is 1. The number of aromatic nitrogens is 2. The molecule has 0 amide bonds. The number of hydrogen-bond acceptors (Lipinski definition) is 4. The van der Waals surface area contributed by atoms with Crippen LogP contribution in [0.5, 0.6) is 0 Å². The van der Waals surface area contributed by atoms with Gasteiger partial charge in [-0.3, -0.25) is 0 Å². The molecule has 4 bridgehead atoms. The lowest BCUT2D eigenvalue weighted by Crippen LogP contribution is -2.63. The van der Waals surface area contributed by atoms with E-state index in [1.807, 2.05) is 6.92 Å². The van der Waals surface area contributed by atoms with E-state index in [4.69, 9.17) is 4.42 Å². The van der Waals surface area contributed by atoms with Crippen molar-refractivity contribution in [2.24, 2.45) is 16.7 Å². The molecule has 1 aromatic heterocycles. The van der Waals surface area contributed by atoms with Crippen molar-refractivity contribution >= 4 is 0 Å². The van der Waals surface area contributed by atoms with Crippen LogP contribution in [0.2, 0.25) is 0 Å². The second kappa shape index (κ2) is 3.85. The van der Waals surface area contributed by atoms with Crippen LogP contribution in [0.3, 0.4) is 0 Å². The van der Waals surface area contributed by atoms with Crippen LogP contribution in [0.15, 0.2) is 4.42 Å².